The van der Waals surface area contributed by atoms with Crippen LogP contribution >= 0.6 is 0 Å². The van der Waals surface area contributed by atoms with Crippen molar-refractivity contribution in [3.05, 3.63) is 35.1 Å². The van der Waals surface area contributed by atoms with Crippen molar-refractivity contribution in [2.75, 3.05) is 0 Å². The van der Waals surface area contributed by atoms with E-state index in [2.05, 4.69) is 39.1 Å². The van der Waals surface area contributed by atoms with E-state index < -0.39 is 0 Å². The highest BCUT2D eigenvalue weighted by atomic mass is 16.3. The van der Waals surface area contributed by atoms with E-state index in [0.717, 1.165) is 34.9 Å². The van der Waals surface area contributed by atoms with Gasteiger partial charge in [0.2, 0.25) is 5.91 Å². The lowest BCUT2D eigenvalue weighted by Gasteiger charge is -2.14. The summed E-state index contributed by atoms with van der Waals surface area (Å²) in [6, 6.07) is 4.39. The fraction of sp³-hybridized carbons (Fsp3) is 0.471. The SMILES string of the molecule is CCC(CC)NC(=O)Cc1coc2c(C)c(C)ccc12. The van der Waals surface area contributed by atoms with Crippen LogP contribution in [-0.2, 0) is 11.2 Å². The lowest BCUT2D eigenvalue weighted by Crippen LogP contribution is -2.34. The summed E-state index contributed by atoms with van der Waals surface area (Å²) in [5.41, 5.74) is 4.22. The minimum atomic E-state index is 0.0691. The van der Waals surface area contributed by atoms with Crippen molar-refractivity contribution < 1.29 is 9.21 Å². The maximum Gasteiger partial charge on any atom is 0.224 e. The van der Waals surface area contributed by atoms with Gasteiger partial charge in [-0.25, -0.2) is 0 Å². The number of carbonyl (C=O) groups excluding carboxylic acids is 1. The van der Waals surface area contributed by atoms with E-state index in [9.17, 15) is 4.79 Å². The number of hydrogen-bond acceptors (Lipinski definition) is 2. The minimum Gasteiger partial charge on any atom is -0.464 e. The van der Waals surface area contributed by atoms with Gasteiger partial charge in [0.1, 0.15) is 5.58 Å². The van der Waals surface area contributed by atoms with Crippen molar-refractivity contribution in [3.63, 3.8) is 0 Å². The molecule has 0 aliphatic rings. The smallest absolute Gasteiger partial charge is 0.224 e. The van der Waals surface area contributed by atoms with Crippen molar-refractivity contribution in [3.8, 4) is 0 Å². The van der Waals surface area contributed by atoms with Gasteiger partial charge in [-0.15, -0.1) is 0 Å². The van der Waals surface area contributed by atoms with Gasteiger partial charge in [-0.3, -0.25) is 4.79 Å². The van der Waals surface area contributed by atoms with Gasteiger partial charge in [-0.2, -0.15) is 0 Å². The van der Waals surface area contributed by atoms with Crippen LogP contribution in [0.1, 0.15) is 43.4 Å². The Morgan fingerprint density at radius 2 is 1.95 bits per heavy atom. The Hall–Kier alpha value is -1.77. The molecular formula is C17H23NO2. The van der Waals surface area contributed by atoms with E-state index >= 15 is 0 Å². The summed E-state index contributed by atoms with van der Waals surface area (Å²) in [6.07, 6.45) is 4.02. The Kier molecular flexibility index (Phi) is 4.48. The summed E-state index contributed by atoms with van der Waals surface area (Å²) in [6.45, 7) is 8.30. The Morgan fingerprint density at radius 3 is 2.60 bits per heavy atom. The normalized spacial score (nSPS) is 11.2. The topological polar surface area (TPSA) is 42.2 Å². The standard InChI is InChI=1S/C17H23NO2/c1-5-14(6-2)18-16(19)9-13-10-20-17-12(4)11(3)7-8-15(13)17/h7-8,10,14H,5-6,9H2,1-4H3,(H,18,19). The average molecular weight is 273 g/mol. The van der Waals surface area contributed by atoms with Gasteiger partial charge >= 0.3 is 0 Å². The molecule has 3 nitrogen and oxygen atoms in total. The molecule has 0 bridgehead atoms. The molecule has 0 saturated heterocycles. The first-order valence-electron chi connectivity index (χ1n) is 7.32. The van der Waals surface area contributed by atoms with Gasteiger partial charge in [0.05, 0.1) is 12.7 Å². The lowest BCUT2D eigenvalue weighted by atomic mass is 10.0. The number of amides is 1. The number of rotatable bonds is 5. The molecule has 1 N–H and O–H groups in total. The zero-order valence-electron chi connectivity index (χ0n) is 12.7. The molecule has 1 amide bonds. The number of benzene rings is 1. The second-order valence-corrected chi connectivity index (χ2v) is 5.40. The molecule has 2 aromatic rings. The summed E-state index contributed by atoms with van der Waals surface area (Å²) >= 11 is 0. The van der Waals surface area contributed by atoms with E-state index in [4.69, 9.17) is 4.42 Å². The predicted molar refractivity (Wildman–Crippen MR) is 81.9 cm³/mol. The van der Waals surface area contributed by atoms with E-state index in [1.54, 1.807) is 6.26 Å². The Balaban J connectivity index is 2.18. The molecule has 1 aromatic heterocycles. The van der Waals surface area contributed by atoms with Crippen molar-refractivity contribution in [1.82, 2.24) is 5.32 Å². The van der Waals surface area contributed by atoms with Gasteiger partial charge < -0.3 is 9.73 Å². The van der Waals surface area contributed by atoms with Crippen molar-refractivity contribution in [2.45, 2.75) is 53.0 Å². The molecule has 0 saturated carbocycles. The Bertz CT molecular complexity index is 609. The second-order valence-electron chi connectivity index (χ2n) is 5.40. The van der Waals surface area contributed by atoms with Crippen molar-refractivity contribution in [1.29, 1.82) is 0 Å². The van der Waals surface area contributed by atoms with Crippen LogP contribution in [-0.4, -0.2) is 11.9 Å². The maximum absolute atomic E-state index is 12.1. The minimum absolute atomic E-state index is 0.0691. The molecule has 20 heavy (non-hydrogen) atoms. The fourth-order valence-electron chi connectivity index (χ4n) is 2.47. The summed E-state index contributed by atoms with van der Waals surface area (Å²) in [5.74, 6) is 0.0691. The summed E-state index contributed by atoms with van der Waals surface area (Å²) < 4.78 is 5.64. The third kappa shape index (κ3) is 2.87. The molecule has 3 heteroatoms. The van der Waals surface area contributed by atoms with Gasteiger partial charge in [0.25, 0.3) is 0 Å². The molecule has 1 heterocycles. The van der Waals surface area contributed by atoms with E-state index in [1.165, 1.54) is 5.56 Å². The first-order valence-corrected chi connectivity index (χ1v) is 7.32. The van der Waals surface area contributed by atoms with Crippen LogP contribution in [0.15, 0.2) is 22.8 Å². The monoisotopic (exact) mass is 273 g/mol. The van der Waals surface area contributed by atoms with Crippen LogP contribution in [0.2, 0.25) is 0 Å². The summed E-state index contributed by atoms with van der Waals surface area (Å²) in [5, 5.41) is 4.11. The molecule has 1 aromatic carbocycles. The number of hydrogen-bond donors (Lipinski definition) is 1. The average Bonchev–Trinajstić information content (AvgIpc) is 2.84. The summed E-state index contributed by atoms with van der Waals surface area (Å²) in [7, 11) is 0. The van der Waals surface area contributed by atoms with E-state index in [0.29, 0.717) is 6.42 Å². The molecule has 108 valence electrons. The highest BCUT2D eigenvalue weighted by molar-refractivity contribution is 5.89. The number of aryl methyl sites for hydroxylation is 2. The molecular weight excluding hydrogens is 250 g/mol. The molecule has 2 rings (SSSR count). The van der Waals surface area contributed by atoms with Crippen molar-refractivity contribution in [2.24, 2.45) is 0 Å². The van der Waals surface area contributed by atoms with Gasteiger partial charge in [0, 0.05) is 17.0 Å². The first-order chi connectivity index (χ1) is 9.56. The Morgan fingerprint density at radius 1 is 1.25 bits per heavy atom. The van der Waals surface area contributed by atoms with Crippen LogP contribution in [0.5, 0.6) is 0 Å². The third-order valence-corrected chi connectivity index (χ3v) is 4.04. The molecule has 0 atom stereocenters. The van der Waals surface area contributed by atoms with E-state index in [1.807, 2.05) is 6.07 Å². The maximum atomic E-state index is 12.1. The molecule has 0 fully saturated rings. The predicted octanol–water partition coefficient (Wildman–Crippen LogP) is 3.90. The molecule has 0 spiro atoms. The zero-order chi connectivity index (χ0) is 14.7. The number of nitrogens with one attached hydrogen (secondary N) is 1. The van der Waals surface area contributed by atoms with Gasteiger partial charge in [-0.05, 0) is 37.8 Å². The molecule has 0 aliphatic carbocycles. The van der Waals surface area contributed by atoms with Crippen LogP contribution in [0.4, 0.5) is 0 Å². The molecule has 0 aliphatic heterocycles. The fourth-order valence-corrected chi connectivity index (χ4v) is 2.47. The Labute approximate surface area is 120 Å². The van der Waals surface area contributed by atoms with Gasteiger partial charge in [-0.1, -0.05) is 26.0 Å². The zero-order valence-corrected chi connectivity index (χ0v) is 12.7. The quantitative estimate of drug-likeness (QED) is 0.897. The summed E-state index contributed by atoms with van der Waals surface area (Å²) in [4.78, 5) is 12.1. The number of fused-ring (bicyclic) bond motifs is 1. The van der Waals surface area contributed by atoms with Gasteiger partial charge in [0.15, 0.2) is 0 Å². The highest BCUT2D eigenvalue weighted by Gasteiger charge is 2.14. The van der Waals surface area contributed by atoms with Crippen LogP contribution in [0.25, 0.3) is 11.0 Å². The highest BCUT2D eigenvalue weighted by Crippen LogP contribution is 2.26. The number of carbonyl (C=O) groups is 1. The lowest BCUT2D eigenvalue weighted by molar-refractivity contribution is -0.121. The van der Waals surface area contributed by atoms with Crippen LogP contribution < -0.4 is 5.32 Å². The first kappa shape index (κ1) is 14.6. The van der Waals surface area contributed by atoms with E-state index in [-0.39, 0.29) is 11.9 Å². The largest absolute Gasteiger partial charge is 0.464 e. The number of furan rings is 1. The van der Waals surface area contributed by atoms with Crippen molar-refractivity contribution >= 4 is 16.9 Å². The van der Waals surface area contributed by atoms with Crippen LogP contribution in [0.3, 0.4) is 0 Å². The third-order valence-electron chi connectivity index (χ3n) is 4.04. The molecule has 0 radical (unpaired) electrons. The van der Waals surface area contributed by atoms with Crippen LogP contribution in [0, 0.1) is 13.8 Å². The second kappa shape index (κ2) is 6.12. The molecule has 0 unspecified atom stereocenters.